The highest BCUT2D eigenvalue weighted by Crippen LogP contribution is 2.11. The van der Waals surface area contributed by atoms with Gasteiger partial charge in [0.15, 0.2) is 0 Å². The van der Waals surface area contributed by atoms with E-state index in [4.69, 9.17) is 0 Å². The van der Waals surface area contributed by atoms with Gasteiger partial charge >= 0.3 is 0 Å². The fraction of sp³-hybridized carbons (Fsp3) is 0.533. The van der Waals surface area contributed by atoms with Gasteiger partial charge in [0.1, 0.15) is 0 Å². The van der Waals surface area contributed by atoms with Crippen LogP contribution in [-0.2, 0) is 22.0 Å². The first kappa shape index (κ1) is 15.2. The molecule has 1 aliphatic heterocycles. The second kappa shape index (κ2) is 7.55. The van der Waals surface area contributed by atoms with Gasteiger partial charge in [-0.1, -0.05) is 30.3 Å². The number of carbonyl (C=O) groups excluding carboxylic acids is 1. The predicted molar refractivity (Wildman–Crippen MR) is 81.8 cm³/mol. The summed E-state index contributed by atoms with van der Waals surface area (Å²) in [7, 11) is -0.772. The molecule has 0 saturated carbocycles. The summed E-state index contributed by atoms with van der Waals surface area (Å²) in [6.45, 7) is 1.32. The van der Waals surface area contributed by atoms with E-state index in [1.165, 1.54) is 5.56 Å². The summed E-state index contributed by atoms with van der Waals surface area (Å²) in [5.74, 6) is 0.848. The molecule has 1 aliphatic rings. The summed E-state index contributed by atoms with van der Waals surface area (Å²) >= 11 is 0. The SMILES string of the molecule is CS(=O)CCCN1CNC(CCc2ccccc2)C1=O. The van der Waals surface area contributed by atoms with Gasteiger partial charge in [0.2, 0.25) is 5.91 Å². The zero-order valence-electron chi connectivity index (χ0n) is 11.9. The quantitative estimate of drug-likeness (QED) is 0.820. The lowest BCUT2D eigenvalue weighted by atomic mass is 10.1. The predicted octanol–water partition coefficient (Wildman–Crippen LogP) is 1.15. The third-order valence-corrected chi connectivity index (χ3v) is 4.43. The molecule has 5 heteroatoms. The Morgan fingerprint density at radius 2 is 2.10 bits per heavy atom. The van der Waals surface area contributed by atoms with Crippen molar-refractivity contribution in [2.24, 2.45) is 0 Å². The van der Waals surface area contributed by atoms with Gasteiger partial charge in [-0.2, -0.15) is 0 Å². The maximum atomic E-state index is 12.2. The summed E-state index contributed by atoms with van der Waals surface area (Å²) in [5.41, 5.74) is 1.27. The highest BCUT2D eigenvalue weighted by molar-refractivity contribution is 7.84. The van der Waals surface area contributed by atoms with Gasteiger partial charge in [0.05, 0.1) is 12.7 Å². The zero-order chi connectivity index (χ0) is 14.4. The topological polar surface area (TPSA) is 49.4 Å². The molecule has 1 saturated heterocycles. The van der Waals surface area contributed by atoms with E-state index in [1.807, 2.05) is 23.1 Å². The Labute approximate surface area is 123 Å². The first-order valence-corrected chi connectivity index (χ1v) is 8.75. The van der Waals surface area contributed by atoms with Crippen LogP contribution < -0.4 is 5.32 Å². The molecule has 1 amide bonds. The highest BCUT2D eigenvalue weighted by atomic mass is 32.2. The summed E-state index contributed by atoms with van der Waals surface area (Å²) in [5, 5.41) is 3.27. The number of benzene rings is 1. The number of nitrogens with zero attached hydrogens (tertiary/aromatic N) is 1. The molecule has 1 fully saturated rings. The molecule has 110 valence electrons. The molecule has 2 unspecified atom stereocenters. The average molecular weight is 294 g/mol. The maximum Gasteiger partial charge on any atom is 0.240 e. The van der Waals surface area contributed by atoms with E-state index >= 15 is 0 Å². The van der Waals surface area contributed by atoms with E-state index in [1.54, 1.807) is 6.26 Å². The molecule has 0 aliphatic carbocycles. The molecule has 4 nitrogen and oxygen atoms in total. The number of aryl methyl sites for hydroxylation is 1. The first-order chi connectivity index (χ1) is 9.66. The van der Waals surface area contributed by atoms with Gasteiger partial charge < -0.3 is 4.90 Å². The highest BCUT2D eigenvalue weighted by Gasteiger charge is 2.29. The van der Waals surface area contributed by atoms with Gasteiger partial charge in [-0.25, -0.2) is 0 Å². The van der Waals surface area contributed by atoms with Gasteiger partial charge in [0.25, 0.3) is 0 Å². The van der Waals surface area contributed by atoms with Crippen molar-refractivity contribution >= 4 is 16.7 Å². The van der Waals surface area contributed by atoms with Gasteiger partial charge in [-0.3, -0.25) is 14.3 Å². The molecule has 0 spiro atoms. The number of amides is 1. The summed E-state index contributed by atoms with van der Waals surface area (Å²) in [4.78, 5) is 14.0. The standard InChI is InChI=1S/C15H22N2O2S/c1-20(19)11-5-10-17-12-16-14(15(17)18)9-8-13-6-3-2-4-7-13/h2-4,6-7,14,16H,5,8-12H2,1H3. The van der Waals surface area contributed by atoms with Crippen LogP contribution in [0.3, 0.4) is 0 Å². The van der Waals surface area contributed by atoms with Crippen LogP contribution in [0.5, 0.6) is 0 Å². The fourth-order valence-electron chi connectivity index (χ4n) is 2.44. The molecule has 1 aromatic rings. The van der Waals surface area contributed by atoms with Crippen molar-refractivity contribution in [3.05, 3.63) is 35.9 Å². The minimum absolute atomic E-state index is 0.0673. The van der Waals surface area contributed by atoms with Crippen LogP contribution in [0.1, 0.15) is 18.4 Å². The Kier molecular flexibility index (Phi) is 5.73. The van der Waals surface area contributed by atoms with Crippen molar-refractivity contribution in [3.8, 4) is 0 Å². The Morgan fingerprint density at radius 3 is 2.80 bits per heavy atom. The molecule has 1 aromatic carbocycles. The van der Waals surface area contributed by atoms with Gasteiger partial charge in [-0.05, 0) is 24.8 Å². The fourth-order valence-corrected chi connectivity index (χ4v) is 2.97. The Morgan fingerprint density at radius 1 is 1.35 bits per heavy atom. The van der Waals surface area contributed by atoms with E-state index in [0.717, 1.165) is 19.3 Å². The number of hydrogen-bond donors (Lipinski definition) is 1. The van der Waals surface area contributed by atoms with Crippen LogP contribution in [0.25, 0.3) is 0 Å². The molecule has 0 radical (unpaired) electrons. The minimum Gasteiger partial charge on any atom is -0.329 e. The van der Waals surface area contributed by atoms with Crippen LogP contribution in [0.15, 0.2) is 30.3 Å². The summed E-state index contributed by atoms with van der Waals surface area (Å²) < 4.78 is 11.0. The maximum absolute atomic E-state index is 12.2. The Bertz CT molecular complexity index is 464. The molecule has 2 atom stereocenters. The van der Waals surface area contributed by atoms with Gasteiger partial charge in [-0.15, -0.1) is 0 Å². The molecule has 0 aromatic heterocycles. The molecule has 2 rings (SSSR count). The number of rotatable bonds is 7. The Balaban J connectivity index is 1.75. The Hall–Kier alpha value is -1.20. The third-order valence-electron chi connectivity index (χ3n) is 3.56. The van der Waals surface area contributed by atoms with Crippen molar-refractivity contribution in [3.63, 3.8) is 0 Å². The van der Waals surface area contributed by atoms with E-state index in [9.17, 15) is 9.00 Å². The average Bonchev–Trinajstić information content (AvgIpc) is 2.79. The van der Waals surface area contributed by atoms with E-state index < -0.39 is 10.8 Å². The lowest BCUT2D eigenvalue weighted by Gasteiger charge is -2.14. The number of nitrogens with one attached hydrogen (secondary N) is 1. The summed E-state index contributed by atoms with van der Waals surface area (Å²) in [6.07, 6.45) is 4.25. The summed E-state index contributed by atoms with van der Waals surface area (Å²) in [6, 6.07) is 10.2. The van der Waals surface area contributed by atoms with Crippen LogP contribution in [-0.4, -0.2) is 46.3 Å². The van der Waals surface area contributed by atoms with E-state index in [-0.39, 0.29) is 11.9 Å². The smallest absolute Gasteiger partial charge is 0.240 e. The zero-order valence-corrected chi connectivity index (χ0v) is 12.7. The van der Waals surface area contributed by atoms with Crippen molar-refractivity contribution in [1.29, 1.82) is 0 Å². The molecular formula is C15H22N2O2S. The van der Waals surface area contributed by atoms with Crippen LogP contribution in [0.4, 0.5) is 0 Å². The molecule has 1 N–H and O–H groups in total. The van der Waals surface area contributed by atoms with Crippen molar-refractivity contribution < 1.29 is 9.00 Å². The molecule has 1 heterocycles. The van der Waals surface area contributed by atoms with Crippen LogP contribution in [0, 0.1) is 0 Å². The number of carbonyl (C=O) groups is 1. The lowest BCUT2D eigenvalue weighted by Crippen LogP contribution is -2.32. The van der Waals surface area contributed by atoms with Crippen molar-refractivity contribution in [2.45, 2.75) is 25.3 Å². The normalized spacial score (nSPS) is 20.4. The van der Waals surface area contributed by atoms with Crippen LogP contribution in [0.2, 0.25) is 0 Å². The molecular weight excluding hydrogens is 272 g/mol. The van der Waals surface area contributed by atoms with Gasteiger partial charge in [0, 0.05) is 29.4 Å². The van der Waals surface area contributed by atoms with Crippen LogP contribution >= 0.6 is 0 Å². The minimum atomic E-state index is -0.772. The second-order valence-electron chi connectivity index (χ2n) is 5.17. The second-order valence-corrected chi connectivity index (χ2v) is 6.73. The monoisotopic (exact) mass is 294 g/mol. The molecule has 20 heavy (non-hydrogen) atoms. The lowest BCUT2D eigenvalue weighted by molar-refractivity contribution is -0.129. The largest absolute Gasteiger partial charge is 0.329 e. The molecule has 0 bridgehead atoms. The van der Waals surface area contributed by atoms with Crippen molar-refractivity contribution in [1.82, 2.24) is 10.2 Å². The first-order valence-electron chi connectivity index (χ1n) is 7.03. The van der Waals surface area contributed by atoms with E-state index in [0.29, 0.717) is 19.0 Å². The van der Waals surface area contributed by atoms with E-state index in [2.05, 4.69) is 17.4 Å². The third kappa shape index (κ3) is 4.42. The van der Waals surface area contributed by atoms with Crippen molar-refractivity contribution in [2.75, 3.05) is 25.2 Å². The number of hydrogen-bond acceptors (Lipinski definition) is 3.